The van der Waals surface area contributed by atoms with Crippen LogP contribution in [0.5, 0.6) is 0 Å². The summed E-state index contributed by atoms with van der Waals surface area (Å²) in [7, 11) is 2.17. The summed E-state index contributed by atoms with van der Waals surface area (Å²) in [5.74, 6) is -0.869. The highest BCUT2D eigenvalue weighted by molar-refractivity contribution is 5.87. The Hall–Kier alpha value is -1.47. The molecule has 0 spiro atoms. The summed E-state index contributed by atoms with van der Waals surface area (Å²) in [6, 6.07) is 7.23. The van der Waals surface area contributed by atoms with E-state index >= 15 is 0 Å². The molecule has 0 aliphatic carbocycles. The topological polar surface area (TPSA) is 56.2 Å². The Morgan fingerprint density at radius 2 is 2.00 bits per heavy atom. The van der Waals surface area contributed by atoms with Crippen LogP contribution in [0.25, 0.3) is 0 Å². The molecule has 132 valence electrons. The molecule has 2 saturated heterocycles. The first-order valence-corrected chi connectivity index (χ1v) is 8.67. The number of aromatic carboxylic acids is 1. The highest BCUT2D eigenvalue weighted by Gasteiger charge is 2.24. The third kappa shape index (κ3) is 4.77. The van der Waals surface area contributed by atoms with Gasteiger partial charge in [-0.2, -0.15) is 0 Å². The van der Waals surface area contributed by atoms with Gasteiger partial charge in [0.05, 0.1) is 18.3 Å². The second-order valence-electron chi connectivity index (χ2n) is 6.84. The zero-order valence-electron chi connectivity index (χ0n) is 14.4. The molecule has 0 radical (unpaired) electrons. The van der Waals surface area contributed by atoms with E-state index in [1.165, 1.54) is 0 Å². The van der Waals surface area contributed by atoms with Crippen LogP contribution in [-0.2, 0) is 11.3 Å². The molecule has 1 aromatic rings. The van der Waals surface area contributed by atoms with Gasteiger partial charge in [0, 0.05) is 52.4 Å². The highest BCUT2D eigenvalue weighted by Crippen LogP contribution is 2.14. The Morgan fingerprint density at radius 1 is 1.21 bits per heavy atom. The van der Waals surface area contributed by atoms with Gasteiger partial charge in [0.2, 0.25) is 0 Å². The fourth-order valence-corrected chi connectivity index (χ4v) is 3.41. The molecule has 1 N–H and O–H groups in total. The second kappa shape index (κ2) is 8.07. The first-order chi connectivity index (χ1) is 11.6. The number of carboxylic acid groups (broad SMARTS) is 1. The number of rotatable bonds is 5. The van der Waals surface area contributed by atoms with Crippen LogP contribution in [0.1, 0.15) is 15.9 Å². The Balaban J connectivity index is 1.52. The Morgan fingerprint density at radius 3 is 2.75 bits per heavy atom. The van der Waals surface area contributed by atoms with E-state index in [9.17, 15) is 4.79 Å². The Kier molecular flexibility index (Phi) is 5.84. The fourth-order valence-electron chi connectivity index (χ4n) is 3.41. The number of hydrogen-bond donors (Lipinski definition) is 1. The number of nitrogens with zero attached hydrogens (tertiary/aromatic N) is 3. The van der Waals surface area contributed by atoms with Crippen LogP contribution in [0, 0.1) is 0 Å². The fraction of sp³-hybridized carbons (Fsp3) is 0.611. The van der Waals surface area contributed by atoms with Crippen molar-refractivity contribution in [1.29, 1.82) is 0 Å². The lowest BCUT2D eigenvalue weighted by molar-refractivity contribution is -0.0498. The lowest BCUT2D eigenvalue weighted by atomic mass is 10.1. The van der Waals surface area contributed by atoms with Crippen LogP contribution in [0.2, 0.25) is 0 Å². The van der Waals surface area contributed by atoms with Gasteiger partial charge in [-0.3, -0.25) is 9.80 Å². The molecule has 6 nitrogen and oxygen atoms in total. The zero-order chi connectivity index (χ0) is 16.9. The van der Waals surface area contributed by atoms with Crippen LogP contribution < -0.4 is 0 Å². The first kappa shape index (κ1) is 17.4. The summed E-state index contributed by atoms with van der Waals surface area (Å²) in [4.78, 5) is 18.3. The lowest BCUT2D eigenvalue weighted by Crippen LogP contribution is -2.51. The summed E-state index contributed by atoms with van der Waals surface area (Å²) in [5.41, 5.74) is 1.41. The van der Waals surface area contributed by atoms with Crippen molar-refractivity contribution in [3.8, 4) is 0 Å². The molecular formula is C18H27N3O3. The van der Waals surface area contributed by atoms with E-state index in [1.807, 2.05) is 12.1 Å². The monoisotopic (exact) mass is 333 g/mol. The van der Waals surface area contributed by atoms with E-state index in [2.05, 4.69) is 21.7 Å². The van der Waals surface area contributed by atoms with Crippen molar-refractivity contribution < 1.29 is 14.6 Å². The maximum atomic E-state index is 11.1. The molecule has 1 unspecified atom stereocenters. The maximum absolute atomic E-state index is 11.1. The minimum Gasteiger partial charge on any atom is -0.478 e. The first-order valence-electron chi connectivity index (χ1n) is 8.67. The van der Waals surface area contributed by atoms with E-state index in [0.717, 1.165) is 64.5 Å². The van der Waals surface area contributed by atoms with E-state index in [4.69, 9.17) is 9.84 Å². The van der Waals surface area contributed by atoms with Crippen LogP contribution in [-0.4, -0.2) is 91.3 Å². The number of benzene rings is 1. The van der Waals surface area contributed by atoms with Gasteiger partial charge < -0.3 is 14.7 Å². The molecule has 3 rings (SSSR count). The number of hydrogen-bond acceptors (Lipinski definition) is 5. The molecule has 2 heterocycles. The molecule has 0 saturated carbocycles. The van der Waals surface area contributed by atoms with Crippen LogP contribution in [0.3, 0.4) is 0 Å². The molecule has 24 heavy (non-hydrogen) atoms. The molecule has 2 aliphatic rings. The largest absolute Gasteiger partial charge is 0.478 e. The van der Waals surface area contributed by atoms with E-state index in [1.54, 1.807) is 12.1 Å². The molecule has 2 aliphatic heterocycles. The van der Waals surface area contributed by atoms with Crippen molar-refractivity contribution in [2.24, 2.45) is 0 Å². The number of carbonyl (C=O) groups is 1. The minimum absolute atomic E-state index is 0.241. The van der Waals surface area contributed by atoms with Gasteiger partial charge in [0.1, 0.15) is 0 Å². The van der Waals surface area contributed by atoms with Crippen molar-refractivity contribution in [3.63, 3.8) is 0 Å². The smallest absolute Gasteiger partial charge is 0.335 e. The summed E-state index contributed by atoms with van der Waals surface area (Å²) in [6.07, 6.45) is 0.241. The van der Waals surface area contributed by atoms with Gasteiger partial charge in [-0.25, -0.2) is 4.79 Å². The van der Waals surface area contributed by atoms with Gasteiger partial charge in [0.15, 0.2) is 0 Å². The normalized spacial score (nSPS) is 24.1. The summed E-state index contributed by atoms with van der Waals surface area (Å²) in [6.45, 7) is 8.78. The summed E-state index contributed by atoms with van der Waals surface area (Å²) in [5, 5.41) is 9.12. The van der Waals surface area contributed by atoms with Crippen molar-refractivity contribution in [3.05, 3.63) is 35.4 Å². The SMILES string of the molecule is CN1CCN(CC2CN(Cc3cccc(C(=O)O)c3)CCO2)CC1. The third-order valence-electron chi connectivity index (χ3n) is 4.86. The molecule has 1 atom stereocenters. The van der Waals surface area contributed by atoms with Gasteiger partial charge in [0.25, 0.3) is 0 Å². The second-order valence-corrected chi connectivity index (χ2v) is 6.84. The van der Waals surface area contributed by atoms with Crippen molar-refractivity contribution in [2.45, 2.75) is 12.6 Å². The molecular weight excluding hydrogens is 306 g/mol. The predicted molar refractivity (Wildman–Crippen MR) is 92.4 cm³/mol. The van der Waals surface area contributed by atoms with Crippen LogP contribution >= 0.6 is 0 Å². The molecule has 0 amide bonds. The lowest BCUT2D eigenvalue weighted by Gasteiger charge is -2.38. The minimum atomic E-state index is -0.869. The Bertz CT molecular complexity index is 558. The molecule has 0 aromatic heterocycles. The van der Waals surface area contributed by atoms with Gasteiger partial charge >= 0.3 is 5.97 Å². The summed E-state index contributed by atoms with van der Waals surface area (Å²) >= 11 is 0. The number of morpholine rings is 1. The van der Waals surface area contributed by atoms with Gasteiger partial charge in [-0.05, 0) is 24.7 Å². The zero-order valence-corrected chi connectivity index (χ0v) is 14.4. The highest BCUT2D eigenvalue weighted by atomic mass is 16.5. The van der Waals surface area contributed by atoms with Gasteiger partial charge in [-0.15, -0.1) is 0 Å². The van der Waals surface area contributed by atoms with Crippen molar-refractivity contribution >= 4 is 5.97 Å². The van der Waals surface area contributed by atoms with E-state index in [-0.39, 0.29) is 6.10 Å². The maximum Gasteiger partial charge on any atom is 0.335 e. The average Bonchev–Trinajstić information content (AvgIpc) is 2.57. The third-order valence-corrected chi connectivity index (χ3v) is 4.86. The van der Waals surface area contributed by atoms with Crippen LogP contribution in [0.15, 0.2) is 24.3 Å². The Labute approximate surface area is 143 Å². The molecule has 0 bridgehead atoms. The predicted octanol–water partition coefficient (Wildman–Crippen LogP) is 0.833. The van der Waals surface area contributed by atoms with E-state index < -0.39 is 5.97 Å². The number of ether oxygens (including phenoxy) is 1. The van der Waals surface area contributed by atoms with Crippen LogP contribution in [0.4, 0.5) is 0 Å². The number of piperazine rings is 1. The number of carboxylic acids is 1. The average molecular weight is 333 g/mol. The standard InChI is InChI=1S/C18H27N3O3/c1-19-5-7-20(8-6-19)13-17-14-21(9-10-24-17)12-15-3-2-4-16(11-15)18(22)23/h2-4,11,17H,5-10,12-14H2,1H3,(H,22,23). The van der Waals surface area contributed by atoms with Crippen molar-refractivity contribution in [1.82, 2.24) is 14.7 Å². The molecule has 2 fully saturated rings. The van der Waals surface area contributed by atoms with Crippen molar-refractivity contribution in [2.75, 3.05) is 59.5 Å². The molecule has 6 heteroatoms. The quantitative estimate of drug-likeness (QED) is 0.862. The van der Waals surface area contributed by atoms with Gasteiger partial charge in [-0.1, -0.05) is 12.1 Å². The molecule has 1 aromatic carbocycles. The van der Waals surface area contributed by atoms with E-state index in [0.29, 0.717) is 5.56 Å². The number of likely N-dealkylation sites (N-methyl/N-ethyl adjacent to an activating group) is 1. The summed E-state index contributed by atoms with van der Waals surface area (Å²) < 4.78 is 5.95.